The summed E-state index contributed by atoms with van der Waals surface area (Å²) in [4.78, 5) is 12.3. The molecule has 2 rings (SSSR count). The number of epoxide rings is 1. The lowest BCUT2D eigenvalue weighted by atomic mass is 9.79. The number of fused-ring (bicyclic) bond motifs is 1. The number of aliphatic hydroxyl groups is 2. The Morgan fingerprint density at radius 2 is 2.10 bits per heavy atom. The van der Waals surface area contributed by atoms with Crippen molar-refractivity contribution in [2.75, 3.05) is 6.61 Å². The van der Waals surface area contributed by atoms with E-state index in [9.17, 15) is 15.0 Å². The predicted octanol–water partition coefficient (Wildman–Crippen LogP) is 4.40. The highest BCUT2D eigenvalue weighted by Gasteiger charge is 2.58. The van der Waals surface area contributed by atoms with Gasteiger partial charge in [-0.05, 0) is 76.9 Å². The van der Waals surface area contributed by atoms with Gasteiger partial charge in [0.05, 0.1) is 18.8 Å². The molecule has 0 aromatic carbocycles. The molecule has 168 valence electrons. The zero-order chi connectivity index (χ0) is 22.5. The Bertz CT molecular complexity index is 730. The van der Waals surface area contributed by atoms with Crippen molar-refractivity contribution in [2.24, 2.45) is 5.41 Å². The summed E-state index contributed by atoms with van der Waals surface area (Å²) in [6.45, 7) is 13.5. The van der Waals surface area contributed by atoms with E-state index in [4.69, 9.17) is 9.47 Å². The van der Waals surface area contributed by atoms with Crippen molar-refractivity contribution in [1.29, 1.82) is 0 Å². The summed E-state index contributed by atoms with van der Waals surface area (Å²) in [5, 5.41) is 20.0. The smallest absolute Gasteiger partial charge is 0.331 e. The Hall–Kier alpha value is -1.69. The zero-order valence-electron chi connectivity index (χ0n) is 19.1. The number of ether oxygens (including phenoxy) is 2. The van der Waals surface area contributed by atoms with Gasteiger partial charge >= 0.3 is 5.97 Å². The van der Waals surface area contributed by atoms with Crippen LogP contribution in [0.3, 0.4) is 0 Å². The number of carbonyl (C=O) groups excluding carboxylic acids is 1. The molecule has 0 aromatic rings. The lowest BCUT2D eigenvalue weighted by Crippen LogP contribution is -2.32. The first-order chi connectivity index (χ1) is 14.0. The first-order valence-corrected chi connectivity index (χ1v) is 10.8. The van der Waals surface area contributed by atoms with E-state index in [0.717, 1.165) is 42.4 Å². The van der Waals surface area contributed by atoms with E-state index < -0.39 is 17.8 Å². The zero-order valence-corrected chi connectivity index (χ0v) is 19.1. The molecule has 0 aromatic heterocycles. The molecule has 1 heterocycles. The maximum absolute atomic E-state index is 12.3. The summed E-state index contributed by atoms with van der Waals surface area (Å²) in [7, 11) is 0. The van der Waals surface area contributed by atoms with Crippen LogP contribution in [-0.2, 0) is 14.3 Å². The minimum atomic E-state index is -0.565. The van der Waals surface area contributed by atoms with Gasteiger partial charge in [0, 0.05) is 6.08 Å². The number of aliphatic hydroxyl groups excluding tert-OH is 2. The second kappa shape index (κ2) is 10.1. The van der Waals surface area contributed by atoms with Crippen LogP contribution < -0.4 is 0 Å². The van der Waals surface area contributed by atoms with Crippen molar-refractivity contribution in [1.82, 2.24) is 0 Å². The third-order valence-electron chi connectivity index (χ3n) is 6.21. The van der Waals surface area contributed by atoms with Gasteiger partial charge in [-0.1, -0.05) is 36.8 Å². The van der Waals surface area contributed by atoms with Crippen molar-refractivity contribution < 1.29 is 24.5 Å². The van der Waals surface area contributed by atoms with Gasteiger partial charge in [-0.25, -0.2) is 4.79 Å². The Morgan fingerprint density at radius 3 is 2.70 bits per heavy atom. The molecular weight excluding hydrogens is 380 g/mol. The molecule has 2 aliphatic rings. The maximum atomic E-state index is 12.3. The van der Waals surface area contributed by atoms with Crippen LogP contribution in [0.5, 0.6) is 0 Å². The standard InChI is InChI=1S/C25H38O5/c1-17(2)15-23(28)29-21-11-14-24(5,13-10-20(27)18(3)4)12-9-19(16-26)7-8-22-25(21,6)30-22/h9,11,14-15,20-22,26-27H,3,7-8,10,12-13,16H2,1-2,4-6H3/b14-11+,19-9+/t20-,21+,22-,24+,25-/m1/s1. The summed E-state index contributed by atoms with van der Waals surface area (Å²) in [5.74, 6) is -0.372. The highest BCUT2D eigenvalue weighted by atomic mass is 16.6. The Labute approximate surface area is 181 Å². The van der Waals surface area contributed by atoms with E-state index in [0.29, 0.717) is 6.42 Å². The number of hydrogen-bond donors (Lipinski definition) is 2. The molecule has 0 spiro atoms. The van der Waals surface area contributed by atoms with Gasteiger partial charge in [-0.15, -0.1) is 0 Å². The normalized spacial score (nSPS) is 35.0. The van der Waals surface area contributed by atoms with E-state index in [-0.39, 0.29) is 24.1 Å². The lowest BCUT2D eigenvalue weighted by molar-refractivity contribution is -0.143. The monoisotopic (exact) mass is 418 g/mol. The SMILES string of the molecule is C=C(C)[C@H](O)CC[C@@]1(C)/C=C/[C@H](OC(=O)C=C(C)C)[C@@]2(C)O[C@@H]2CC/C(CO)=C\C1. The molecule has 0 bridgehead atoms. The molecule has 5 nitrogen and oxygen atoms in total. The van der Waals surface area contributed by atoms with Gasteiger partial charge < -0.3 is 19.7 Å². The van der Waals surface area contributed by atoms with Crippen LogP contribution in [0, 0.1) is 5.41 Å². The van der Waals surface area contributed by atoms with Crippen molar-refractivity contribution in [2.45, 2.75) is 90.6 Å². The Morgan fingerprint density at radius 1 is 1.40 bits per heavy atom. The average Bonchev–Trinajstić information content (AvgIpc) is 3.33. The van der Waals surface area contributed by atoms with E-state index >= 15 is 0 Å². The van der Waals surface area contributed by atoms with Crippen LogP contribution in [0.2, 0.25) is 0 Å². The number of rotatable bonds is 7. The van der Waals surface area contributed by atoms with E-state index in [2.05, 4.69) is 25.7 Å². The third kappa shape index (κ3) is 6.66. The quantitative estimate of drug-likeness (QED) is 0.277. The van der Waals surface area contributed by atoms with E-state index in [1.165, 1.54) is 6.08 Å². The third-order valence-corrected chi connectivity index (χ3v) is 6.21. The number of esters is 1. The highest BCUT2D eigenvalue weighted by Crippen LogP contribution is 2.45. The molecule has 0 radical (unpaired) electrons. The van der Waals surface area contributed by atoms with Crippen LogP contribution in [0.15, 0.2) is 47.6 Å². The van der Waals surface area contributed by atoms with Crippen LogP contribution in [0.4, 0.5) is 0 Å². The molecule has 0 saturated carbocycles. The number of hydrogen-bond acceptors (Lipinski definition) is 5. The van der Waals surface area contributed by atoms with E-state index in [1.807, 2.05) is 33.8 Å². The highest BCUT2D eigenvalue weighted by molar-refractivity contribution is 5.83. The van der Waals surface area contributed by atoms with Gasteiger partial charge in [0.1, 0.15) is 5.60 Å². The van der Waals surface area contributed by atoms with Gasteiger partial charge in [0.2, 0.25) is 0 Å². The van der Waals surface area contributed by atoms with Crippen molar-refractivity contribution in [3.05, 3.63) is 47.6 Å². The van der Waals surface area contributed by atoms with E-state index in [1.54, 1.807) is 0 Å². The molecule has 30 heavy (non-hydrogen) atoms. The Kier molecular flexibility index (Phi) is 8.26. The Balaban J connectivity index is 2.30. The lowest BCUT2D eigenvalue weighted by Gasteiger charge is -2.28. The molecular formula is C25H38O5. The van der Waals surface area contributed by atoms with Gasteiger partial charge in [0.15, 0.2) is 6.10 Å². The first-order valence-electron chi connectivity index (χ1n) is 10.8. The molecule has 5 heteroatoms. The predicted molar refractivity (Wildman–Crippen MR) is 119 cm³/mol. The summed E-state index contributed by atoms with van der Waals surface area (Å²) in [6.07, 6.45) is 10.2. The van der Waals surface area contributed by atoms with Crippen LogP contribution >= 0.6 is 0 Å². The van der Waals surface area contributed by atoms with Gasteiger partial charge in [-0.2, -0.15) is 0 Å². The molecule has 0 unspecified atom stereocenters. The molecule has 0 amide bonds. The summed E-state index contributed by atoms with van der Waals surface area (Å²) < 4.78 is 11.8. The largest absolute Gasteiger partial charge is 0.452 e. The number of allylic oxidation sites excluding steroid dienone is 3. The van der Waals surface area contributed by atoms with Crippen LogP contribution in [0.1, 0.15) is 66.7 Å². The second-order valence-corrected chi connectivity index (χ2v) is 9.55. The average molecular weight is 419 g/mol. The minimum Gasteiger partial charge on any atom is -0.452 e. The fraction of sp³-hybridized carbons (Fsp3) is 0.640. The summed E-state index contributed by atoms with van der Waals surface area (Å²) >= 11 is 0. The number of carbonyl (C=O) groups is 1. The molecule has 1 aliphatic heterocycles. The molecule has 1 saturated heterocycles. The molecule has 1 fully saturated rings. The molecule has 2 N–H and O–H groups in total. The van der Waals surface area contributed by atoms with Crippen LogP contribution in [-0.4, -0.2) is 46.7 Å². The summed E-state index contributed by atoms with van der Waals surface area (Å²) in [5.41, 5.74) is 1.80. The van der Waals surface area contributed by atoms with Crippen molar-refractivity contribution >= 4 is 5.97 Å². The fourth-order valence-corrected chi connectivity index (χ4v) is 3.84. The maximum Gasteiger partial charge on any atom is 0.331 e. The minimum absolute atomic E-state index is 0.0174. The summed E-state index contributed by atoms with van der Waals surface area (Å²) in [6, 6.07) is 0. The topological polar surface area (TPSA) is 79.3 Å². The van der Waals surface area contributed by atoms with Crippen LogP contribution in [0.25, 0.3) is 0 Å². The van der Waals surface area contributed by atoms with Crippen molar-refractivity contribution in [3.63, 3.8) is 0 Å². The van der Waals surface area contributed by atoms with Crippen molar-refractivity contribution in [3.8, 4) is 0 Å². The first kappa shape index (κ1) is 24.6. The van der Waals surface area contributed by atoms with Gasteiger partial charge in [0.25, 0.3) is 0 Å². The molecule has 5 atom stereocenters. The molecule has 1 aliphatic carbocycles. The fourth-order valence-electron chi connectivity index (χ4n) is 3.84. The second-order valence-electron chi connectivity index (χ2n) is 9.55. The van der Waals surface area contributed by atoms with Gasteiger partial charge in [-0.3, -0.25) is 0 Å².